The Balaban J connectivity index is 2.14. The van der Waals surface area contributed by atoms with E-state index in [1.54, 1.807) is 0 Å². The van der Waals surface area contributed by atoms with Crippen LogP contribution in [0.25, 0.3) is 0 Å². The minimum atomic E-state index is -1.19. The molecule has 0 fully saturated rings. The molecule has 2 aromatic rings. The van der Waals surface area contributed by atoms with Crippen LogP contribution in [0, 0.1) is 0 Å². The molecule has 9 heteroatoms. The zero-order valence-electron chi connectivity index (χ0n) is 11.8. The van der Waals surface area contributed by atoms with E-state index in [0.717, 1.165) is 0 Å². The number of halogens is 3. The summed E-state index contributed by atoms with van der Waals surface area (Å²) in [5, 5.41) is 15.0. The van der Waals surface area contributed by atoms with Crippen LogP contribution in [0.15, 0.2) is 36.4 Å². The molecule has 124 valence electrons. The van der Waals surface area contributed by atoms with Gasteiger partial charge in [0, 0.05) is 10.0 Å². The van der Waals surface area contributed by atoms with Crippen LogP contribution < -0.4 is 10.6 Å². The smallest absolute Gasteiger partial charge is 0.337 e. The maximum absolute atomic E-state index is 12.1. The molecule has 1 amide bonds. The zero-order valence-corrected chi connectivity index (χ0v) is 14.9. The summed E-state index contributed by atoms with van der Waals surface area (Å²) in [7, 11) is 0. The molecule has 0 aliphatic rings. The molecule has 2 rings (SSSR count). The van der Waals surface area contributed by atoms with Crippen molar-refractivity contribution >= 4 is 69.7 Å². The van der Waals surface area contributed by atoms with E-state index in [9.17, 15) is 9.59 Å². The van der Waals surface area contributed by atoms with Crippen LogP contribution in [0.4, 0.5) is 5.69 Å². The van der Waals surface area contributed by atoms with Gasteiger partial charge in [-0.1, -0.05) is 34.8 Å². The zero-order chi connectivity index (χ0) is 17.9. The molecule has 0 aliphatic heterocycles. The lowest BCUT2D eigenvalue weighted by atomic mass is 10.2. The van der Waals surface area contributed by atoms with Gasteiger partial charge in [-0.05, 0) is 48.6 Å². The fraction of sp³-hybridized carbons (Fsp3) is 0. The van der Waals surface area contributed by atoms with Crippen LogP contribution in [-0.2, 0) is 0 Å². The van der Waals surface area contributed by atoms with Crippen molar-refractivity contribution in [1.29, 1.82) is 0 Å². The highest BCUT2D eigenvalue weighted by atomic mass is 35.5. The third-order valence-corrected chi connectivity index (χ3v) is 3.85. The Morgan fingerprint density at radius 1 is 0.958 bits per heavy atom. The normalized spacial score (nSPS) is 10.1. The lowest BCUT2D eigenvalue weighted by Gasteiger charge is -2.12. The molecule has 0 saturated heterocycles. The second-order valence-electron chi connectivity index (χ2n) is 4.53. The Bertz CT molecular complexity index is 843. The number of carboxylic acid groups (broad SMARTS) is 1. The summed E-state index contributed by atoms with van der Waals surface area (Å²) in [6.07, 6.45) is 0. The number of aromatic carboxylic acids is 1. The van der Waals surface area contributed by atoms with E-state index in [2.05, 4.69) is 10.6 Å². The van der Waals surface area contributed by atoms with Crippen LogP contribution in [-0.4, -0.2) is 22.1 Å². The molecule has 0 aliphatic carbocycles. The standard InChI is InChI=1S/C15H9Cl3N2O3S/c16-7-2-4-12(10(5-7)14(22)23)19-15(24)20-13(21)9-3-1-8(17)6-11(9)18/h1-6H,(H,22,23)(H2,19,20,21,24). The van der Waals surface area contributed by atoms with Gasteiger partial charge in [-0.25, -0.2) is 4.79 Å². The highest BCUT2D eigenvalue weighted by Crippen LogP contribution is 2.22. The summed E-state index contributed by atoms with van der Waals surface area (Å²) < 4.78 is 0. The lowest BCUT2D eigenvalue weighted by Crippen LogP contribution is -2.34. The summed E-state index contributed by atoms with van der Waals surface area (Å²) in [4.78, 5) is 23.4. The number of carboxylic acids is 1. The first-order valence-electron chi connectivity index (χ1n) is 6.38. The van der Waals surface area contributed by atoms with Gasteiger partial charge in [0.15, 0.2) is 5.11 Å². The van der Waals surface area contributed by atoms with Gasteiger partial charge < -0.3 is 10.4 Å². The molecule has 24 heavy (non-hydrogen) atoms. The number of thiocarbonyl (C=S) groups is 1. The molecule has 0 radical (unpaired) electrons. The van der Waals surface area contributed by atoms with Gasteiger partial charge in [0.05, 0.1) is 21.8 Å². The van der Waals surface area contributed by atoms with Gasteiger partial charge in [-0.2, -0.15) is 0 Å². The first-order chi connectivity index (χ1) is 11.3. The molecule has 0 atom stereocenters. The van der Waals surface area contributed by atoms with Crippen LogP contribution >= 0.6 is 47.0 Å². The van der Waals surface area contributed by atoms with Crippen molar-refractivity contribution in [3.8, 4) is 0 Å². The summed E-state index contributed by atoms with van der Waals surface area (Å²) in [5.41, 5.74) is 0.294. The molecule has 0 unspecified atom stereocenters. The van der Waals surface area contributed by atoms with Crippen molar-refractivity contribution in [3.05, 3.63) is 62.6 Å². The molecular weight excluding hydrogens is 395 g/mol. The summed E-state index contributed by atoms with van der Waals surface area (Å²) in [6, 6.07) is 8.60. The van der Waals surface area contributed by atoms with E-state index in [-0.39, 0.29) is 32.0 Å². The molecule has 0 aromatic heterocycles. The summed E-state index contributed by atoms with van der Waals surface area (Å²) in [5.74, 6) is -1.74. The highest BCUT2D eigenvalue weighted by Gasteiger charge is 2.15. The maximum Gasteiger partial charge on any atom is 0.337 e. The van der Waals surface area contributed by atoms with Gasteiger partial charge in [-0.3, -0.25) is 10.1 Å². The van der Waals surface area contributed by atoms with Gasteiger partial charge in [-0.15, -0.1) is 0 Å². The Hall–Kier alpha value is -1.86. The van der Waals surface area contributed by atoms with E-state index in [4.69, 9.17) is 52.1 Å². The van der Waals surface area contributed by atoms with Gasteiger partial charge in [0.2, 0.25) is 0 Å². The molecular formula is C15H9Cl3N2O3S. The molecule has 0 spiro atoms. The number of rotatable bonds is 3. The lowest BCUT2D eigenvalue weighted by molar-refractivity contribution is 0.0698. The largest absolute Gasteiger partial charge is 0.478 e. The average Bonchev–Trinajstić information content (AvgIpc) is 2.48. The Morgan fingerprint density at radius 2 is 1.58 bits per heavy atom. The Kier molecular flexibility index (Phi) is 6.01. The number of hydrogen-bond donors (Lipinski definition) is 3. The SMILES string of the molecule is O=C(NC(=S)Nc1ccc(Cl)cc1C(=O)O)c1ccc(Cl)cc1Cl. The Morgan fingerprint density at radius 3 is 2.21 bits per heavy atom. The van der Waals surface area contributed by atoms with Crippen molar-refractivity contribution in [1.82, 2.24) is 5.32 Å². The van der Waals surface area contributed by atoms with Crippen molar-refractivity contribution in [2.75, 3.05) is 5.32 Å². The number of amides is 1. The molecule has 3 N–H and O–H groups in total. The van der Waals surface area contributed by atoms with Crippen molar-refractivity contribution in [2.45, 2.75) is 0 Å². The summed E-state index contributed by atoms with van der Waals surface area (Å²) >= 11 is 22.5. The van der Waals surface area contributed by atoms with Crippen LogP contribution in [0.5, 0.6) is 0 Å². The fourth-order valence-corrected chi connectivity index (χ4v) is 2.67. The topological polar surface area (TPSA) is 78.4 Å². The van der Waals surface area contributed by atoms with Crippen LogP contribution in [0.3, 0.4) is 0 Å². The number of anilines is 1. The van der Waals surface area contributed by atoms with Gasteiger partial charge in [0.25, 0.3) is 5.91 Å². The van der Waals surface area contributed by atoms with E-state index in [0.29, 0.717) is 5.02 Å². The van der Waals surface area contributed by atoms with E-state index >= 15 is 0 Å². The number of hydrogen-bond acceptors (Lipinski definition) is 3. The minimum absolute atomic E-state index is 0.0800. The monoisotopic (exact) mass is 402 g/mol. The number of nitrogens with one attached hydrogen (secondary N) is 2. The third kappa shape index (κ3) is 4.58. The number of carbonyl (C=O) groups is 2. The summed E-state index contributed by atoms with van der Waals surface area (Å²) in [6.45, 7) is 0. The van der Waals surface area contributed by atoms with Crippen molar-refractivity contribution < 1.29 is 14.7 Å². The molecule has 2 aromatic carbocycles. The first kappa shape index (κ1) is 18.5. The second-order valence-corrected chi connectivity index (χ2v) is 6.22. The van der Waals surface area contributed by atoms with Crippen molar-refractivity contribution in [3.63, 3.8) is 0 Å². The van der Waals surface area contributed by atoms with Gasteiger partial charge in [0.1, 0.15) is 0 Å². The maximum atomic E-state index is 12.1. The fourth-order valence-electron chi connectivity index (χ4n) is 1.80. The van der Waals surface area contributed by atoms with E-state index in [1.165, 1.54) is 36.4 Å². The van der Waals surface area contributed by atoms with Crippen molar-refractivity contribution in [2.24, 2.45) is 0 Å². The predicted molar refractivity (Wildman–Crippen MR) is 98.6 cm³/mol. The van der Waals surface area contributed by atoms with E-state index < -0.39 is 11.9 Å². The quantitative estimate of drug-likeness (QED) is 0.659. The number of benzene rings is 2. The van der Waals surface area contributed by atoms with Crippen LogP contribution in [0.1, 0.15) is 20.7 Å². The number of carbonyl (C=O) groups excluding carboxylic acids is 1. The van der Waals surface area contributed by atoms with Gasteiger partial charge >= 0.3 is 5.97 Å². The molecule has 0 saturated carbocycles. The molecule has 5 nitrogen and oxygen atoms in total. The minimum Gasteiger partial charge on any atom is -0.478 e. The third-order valence-electron chi connectivity index (χ3n) is 2.86. The predicted octanol–water partition coefficient (Wildman–Crippen LogP) is 4.47. The second kappa shape index (κ2) is 7.81. The van der Waals surface area contributed by atoms with Crippen LogP contribution in [0.2, 0.25) is 15.1 Å². The molecule has 0 heterocycles. The molecule has 0 bridgehead atoms. The first-order valence-corrected chi connectivity index (χ1v) is 7.92. The Labute approximate surface area is 157 Å². The highest BCUT2D eigenvalue weighted by molar-refractivity contribution is 7.80. The average molecular weight is 404 g/mol. The van der Waals surface area contributed by atoms with E-state index in [1.807, 2.05) is 0 Å².